The highest BCUT2D eigenvalue weighted by Gasteiger charge is 2.15. The van der Waals surface area contributed by atoms with Gasteiger partial charge in [0.05, 0.1) is 16.8 Å². The van der Waals surface area contributed by atoms with Crippen molar-refractivity contribution in [3.63, 3.8) is 0 Å². The Bertz CT molecular complexity index is 668. The predicted molar refractivity (Wildman–Crippen MR) is 86.5 cm³/mol. The summed E-state index contributed by atoms with van der Waals surface area (Å²) in [6, 6.07) is 4.40. The molecule has 0 bridgehead atoms. The van der Waals surface area contributed by atoms with Crippen molar-refractivity contribution >= 4 is 34.4 Å². The molecule has 2 aromatic rings. The molecule has 0 radical (unpaired) electrons. The van der Waals surface area contributed by atoms with Crippen LogP contribution in [0.2, 0.25) is 5.02 Å². The molecule has 1 heterocycles. The molecule has 0 aliphatic rings. The number of thiazole rings is 1. The van der Waals surface area contributed by atoms with Crippen LogP contribution in [0, 0.1) is 11.2 Å². The fourth-order valence-electron chi connectivity index (χ4n) is 1.94. The predicted octanol–water partition coefficient (Wildman–Crippen LogP) is 4.92. The molecular weight excluding hydrogens is 309 g/mol. The molecule has 0 saturated carbocycles. The fraction of sp³-hybridized carbons (Fsp3) is 0.267. The average Bonchev–Trinajstić information content (AvgIpc) is 2.94. The molecule has 1 aromatic carbocycles. The first-order chi connectivity index (χ1) is 9.99. The molecule has 1 atom stereocenters. The second-order valence-corrected chi connectivity index (χ2v) is 5.96. The van der Waals surface area contributed by atoms with Crippen LogP contribution in [0.5, 0.6) is 0 Å². The highest BCUT2D eigenvalue weighted by molar-refractivity contribution is 7.11. The van der Waals surface area contributed by atoms with E-state index >= 15 is 0 Å². The van der Waals surface area contributed by atoms with Crippen molar-refractivity contribution in [2.24, 2.45) is 4.99 Å². The number of hydrogen-bond donors (Lipinski definition) is 1. The second kappa shape index (κ2) is 6.91. The van der Waals surface area contributed by atoms with Gasteiger partial charge in [-0.1, -0.05) is 23.7 Å². The van der Waals surface area contributed by atoms with Crippen molar-refractivity contribution in [1.82, 2.24) is 4.98 Å². The minimum absolute atomic E-state index is 0.0961. The van der Waals surface area contributed by atoms with E-state index in [-0.39, 0.29) is 11.1 Å². The average molecular weight is 324 g/mol. The number of nitrogens with one attached hydrogen (secondary N) is 1. The first-order valence-electron chi connectivity index (χ1n) is 6.43. The van der Waals surface area contributed by atoms with E-state index in [2.05, 4.69) is 9.98 Å². The van der Waals surface area contributed by atoms with Gasteiger partial charge >= 0.3 is 0 Å². The van der Waals surface area contributed by atoms with Crippen LogP contribution in [0.15, 0.2) is 34.8 Å². The Kier molecular flexibility index (Phi) is 5.20. The van der Waals surface area contributed by atoms with Crippen LogP contribution in [0.25, 0.3) is 0 Å². The van der Waals surface area contributed by atoms with Gasteiger partial charge < -0.3 is 5.41 Å². The smallest absolute Gasteiger partial charge is 0.142 e. The van der Waals surface area contributed by atoms with Gasteiger partial charge in [0.15, 0.2) is 0 Å². The molecule has 0 aliphatic heterocycles. The Hall–Kier alpha value is -1.59. The van der Waals surface area contributed by atoms with E-state index in [1.807, 2.05) is 12.3 Å². The van der Waals surface area contributed by atoms with Crippen molar-refractivity contribution in [2.75, 3.05) is 0 Å². The molecule has 0 fully saturated rings. The van der Waals surface area contributed by atoms with Crippen molar-refractivity contribution in [2.45, 2.75) is 26.3 Å². The third kappa shape index (κ3) is 3.95. The van der Waals surface area contributed by atoms with E-state index in [0.29, 0.717) is 17.7 Å². The van der Waals surface area contributed by atoms with Crippen LogP contribution in [0.3, 0.4) is 0 Å². The Balaban J connectivity index is 2.37. The van der Waals surface area contributed by atoms with Crippen LogP contribution in [-0.4, -0.2) is 16.4 Å². The minimum atomic E-state index is -0.449. The van der Waals surface area contributed by atoms with Gasteiger partial charge in [0.2, 0.25) is 0 Å². The zero-order valence-corrected chi connectivity index (χ0v) is 13.3. The molecule has 0 aliphatic carbocycles. The van der Waals surface area contributed by atoms with Crippen LogP contribution in [0.4, 0.5) is 4.39 Å². The van der Waals surface area contributed by atoms with Crippen molar-refractivity contribution in [1.29, 1.82) is 5.41 Å². The summed E-state index contributed by atoms with van der Waals surface area (Å²) in [5.41, 5.74) is 1.86. The third-order valence-electron chi connectivity index (χ3n) is 2.89. The Morgan fingerprint density at radius 3 is 2.90 bits per heavy atom. The van der Waals surface area contributed by atoms with E-state index in [4.69, 9.17) is 17.0 Å². The zero-order valence-electron chi connectivity index (χ0n) is 11.7. The van der Waals surface area contributed by atoms with Gasteiger partial charge in [0.1, 0.15) is 10.8 Å². The topological polar surface area (TPSA) is 49.1 Å². The molecule has 0 saturated heterocycles. The fourth-order valence-corrected chi connectivity index (χ4v) is 2.86. The first kappa shape index (κ1) is 15.8. The number of hydrogen-bond acceptors (Lipinski definition) is 4. The number of nitrogens with zero attached hydrogens (tertiary/aromatic N) is 2. The van der Waals surface area contributed by atoms with Crippen LogP contribution in [-0.2, 0) is 0 Å². The molecule has 0 unspecified atom stereocenters. The largest absolute Gasteiger partial charge is 0.310 e. The van der Waals surface area contributed by atoms with E-state index in [0.717, 1.165) is 10.7 Å². The highest BCUT2D eigenvalue weighted by atomic mass is 35.5. The van der Waals surface area contributed by atoms with Crippen LogP contribution >= 0.6 is 22.9 Å². The van der Waals surface area contributed by atoms with E-state index in [1.165, 1.54) is 17.4 Å². The van der Waals surface area contributed by atoms with Gasteiger partial charge in [0.25, 0.3) is 0 Å². The molecule has 2 rings (SSSR count). The zero-order chi connectivity index (χ0) is 15.4. The highest BCUT2D eigenvalue weighted by Crippen LogP contribution is 2.28. The number of aromatic nitrogens is 1. The summed E-state index contributed by atoms with van der Waals surface area (Å²) >= 11 is 7.47. The third-order valence-corrected chi connectivity index (χ3v) is 4.11. The summed E-state index contributed by atoms with van der Waals surface area (Å²) in [6.07, 6.45) is 2.12. The normalized spacial score (nSPS) is 13.2. The molecule has 0 spiro atoms. The minimum Gasteiger partial charge on any atom is -0.310 e. The summed E-state index contributed by atoms with van der Waals surface area (Å²) in [6.45, 7) is 3.58. The molecule has 110 valence electrons. The lowest BCUT2D eigenvalue weighted by molar-refractivity contribution is 0.623. The molecule has 1 aromatic heterocycles. The van der Waals surface area contributed by atoms with E-state index in [1.54, 1.807) is 25.3 Å². The van der Waals surface area contributed by atoms with Gasteiger partial charge in [-0.3, -0.25) is 4.99 Å². The summed E-state index contributed by atoms with van der Waals surface area (Å²) in [5, 5.41) is 10.4. The lowest BCUT2D eigenvalue weighted by atomic mass is 10.1. The summed E-state index contributed by atoms with van der Waals surface area (Å²) in [5.74, 6) is -0.449. The number of halogens is 2. The van der Waals surface area contributed by atoms with Crippen LogP contribution < -0.4 is 0 Å². The lowest BCUT2D eigenvalue weighted by Crippen LogP contribution is -2.08. The number of rotatable bonds is 5. The van der Waals surface area contributed by atoms with Crippen molar-refractivity contribution < 1.29 is 4.39 Å². The number of benzene rings is 1. The second-order valence-electron chi connectivity index (χ2n) is 4.69. The van der Waals surface area contributed by atoms with Crippen LogP contribution in [0.1, 0.15) is 36.9 Å². The molecule has 6 heteroatoms. The van der Waals surface area contributed by atoms with Gasteiger partial charge in [-0.2, -0.15) is 0 Å². The number of aliphatic imine (C=N–C) groups is 1. The maximum atomic E-state index is 13.5. The van der Waals surface area contributed by atoms with Gasteiger partial charge in [-0.25, -0.2) is 9.37 Å². The lowest BCUT2D eigenvalue weighted by Gasteiger charge is -2.12. The van der Waals surface area contributed by atoms with Gasteiger partial charge in [-0.05, 0) is 25.5 Å². The first-order valence-corrected chi connectivity index (χ1v) is 7.69. The molecule has 21 heavy (non-hydrogen) atoms. The quantitative estimate of drug-likeness (QED) is 0.780. The van der Waals surface area contributed by atoms with E-state index in [9.17, 15) is 4.39 Å². The molecule has 0 amide bonds. The SMILES string of the molecule is CC(=N)C/C(=N\[C@H](C)c1cccc(F)c1Cl)c1nccs1. The molecular formula is C15H15ClFN3S. The Labute approximate surface area is 132 Å². The van der Waals surface area contributed by atoms with Gasteiger partial charge in [-0.15, -0.1) is 11.3 Å². The standard InChI is InChI=1S/C15H15ClFN3S/c1-9(18)8-13(15-19-6-7-21-15)20-10(2)11-4-3-5-12(17)14(11)16/h3-7,10,18H,8H2,1-2H3/b18-9?,20-13+/t10-/m1/s1. The summed E-state index contributed by atoms with van der Waals surface area (Å²) < 4.78 is 13.5. The Morgan fingerprint density at radius 1 is 1.52 bits per heavy atom. The maximum absolute atomic E-state index is 13.5. The monoisotopic (exact) mass is 323 g/mol. The summed E-state index contributed by atoms with van der Waals surface area (Å²) in [4.78, 5) is 8.84. The van der Waals surface area contributed by atoms with Gasteiger partial charge in [0, 0.05) is 23.7 Å². The molecule has 1 N–H and O–H groups in total. The van der Waals surface area contributed by atoms with Crippen molar-refractivity contribution in [3.8, 4) is 0 Å². The van der Waals surface area contributed by atoms with E-state index < -0.39 is 5.82 Å². The summed E-state index contributed by atoms with van der Waals surface area (Å²) in [7, 11) is 0. The van der Waals surface area contributed by atoms with Crippen molar-refractivity contribution in [3.05, 3.63) is 51.2 Å². The molecule has 3 nitrogen and oxygen atoms in total. The Morgan fingerprint density at radius 2 is 2.29 bits per heavy atom. The maximum Gasteiger partial charge on any atom is 0.142 e.